The van der Waals surface area contributed by atoms with Crippen molar-refractivity contribution in [3.8, 4) is 44.8 Å². The van der Waals surface area contributed by atoms with E-state index in [4.69, 9.17) is 0 Å². The Hall–Kier alpha value is -7.98. The van der Waals surface area contributed by atoms with Crippen LogP contribution < -0.4 is 20.7 Å². The van der Waals surface area contributed by atoms with Crippen LogP contribution in [0.4, 0.5) is 0 Å². The Morgan fingerprint density at radius 2 is 0.714 bits per heavy atom. The van der Waals surface area contributed by atoms with Gasteiger partial charge in [0, 0.05) is 32.9 Å². The number of hydrogen-bond acceptors (Lipinski definition) is 0. The van der Waals surface area contributed by atoms with E-state index in [0.29, 0.717) is 0 Å². The molecule has 3 heterocycles. The first-order valence-corrected chi connectivity index (χ1v) is 23.8. The third-order valence-corrected chi connectivity index (χ3v) is 18.5. The SMILES string of the molecule is c1ccc(-c2ccc(-n3c4ccccc4c4ccc5c6ccccc6n(-c6cccc(-c7ccc([Si]8(c9ccccc9)c9ccccc9-c9ccccc98)cc7)c6)c5c43)cc2)cc1. The van der Waals surface area contributed by atoms with Crippen molar-refractivity contribution in [3.05, 3.63) is 243 Å². The van der Waals surface area contributed by atoms with Gasteiger partial charge in [0.2, 0.25) is 0 Å². The van der Waals surface area contributed by atoms with Crippen molar-refractivity contribution in [2.45, 2.75) is 0 Å². The molecule has 294 valence electrons. The molecule has 12 aromatic rings. The predicted octanol–water partition coefficient (Wildman–Crippen LogP) is 12.6. The van der Waals surface area contributed by atoms with Gasteiger partial charge < -0.3 is 9.13 Å². The van der Waals surface area contributed by atoms with Crippen LogP contribution in [-0.2, 0) is 0 Å². The van der Waals surface area contributed by atoms with Crippen LogP contribution in [0.15, 0.2) is 243 Å². The highest BCUT2D eigenvalue weighted by Crippen LogP contribution is 2.42. The maximum absolute atomic E-state index is 2.57. The van der Waals surface area contributed by atoms with Gasteiger partial charge in [-0.2, -0.15) is 0 Å². The molecule has 2 nitrogen and oxygen atoms in total. The molecule has 13 rings (SSSR count). The minimum atomic E-state index is -2.57. The fraction of sp³-hybridized carbons (Fsp3) is 0. The van der Waals surface area contributed by atoms with E-state index in [9.17, 15) is 0 Å². The molecule has 0 unspecified atom stereocenters. The Bertz CT molecular complexity index is 3660. The summed E-state index contributed by atoms with van der Waals surface area (Å²) in [6.45, 7) is 0. The summed E-state index contributed by atoms with van der Waals surface area (Å²) in [7, 11) is -2.57. The van der Waals surface area contributed by atoms with E-state index in [0.717, 1.165) is 11.4 Å². The maximum atomic E-state index is 2.50. The van der Waals surface area contributed by atoms with Gasteiger partial charge in [-0.05, 0) is 90.5 Å². The summed E-state index contributed by atoms with van der Waals surface area (Å²) in [5.41, 5.74) is 14.6. The first kappa shape index (κ1) is 35.7. The molecule has 63 heavy (non-hydrogen) atoms. The number of para-hydroxylation sites is 2. The van der Waals surface area contributed by atoms with Crippen LogP contribution in [0.5, 0.6) is 0 Å². The molecule has 0 N–H and O–H groups in total. The van der Waals surface area contributed by atoms with Crippen LogP contribution in [0, 0.1) is 0 Å². The molecule has 1 aliphatic rings. The molecular formula is C60H40N2Si. The van der Waals surface area contributed by atoms with E-state index in [-0.39, 0.29) is 0 Å². The molecule has 0 saturated carbocycles. The van der Waals surface area contributed by atoms with Gasteiger partial charge in [-0.25, -0.2) is 0 Å². The number of hydrogen-bond donors (Lipinski definition) is 0. The van der Waals surface area contributed by atoms with Gasteiger partial charge in [0.15, 0.2) is 8.07 Å². The zero-order valence-corrected chi connectivity index (χ0v) is 35.5. The second kappa shape index (κ2) is 14.0. The van der Waals surface area contributed by atoms with Crippen LogP contribution >= 0.6 is 0 Å². The normalized spacial score (nSPS) is 12.9. The van der Waals surface area contributed by atoms with Crippen LogP contribution in [0.3, 0.4) is 0 Å². The van der Waals surface area contributed by atoms with E-state index in [1.165, 1.54) is 97.7 Å². The predicted molar refractivity (Wildman–Crippen MR) is 269 cm³/mol. The summed E-state index contributed by atoms with van der Waals surface area (Å²) in [6, 6.07) is 90.2. The molecule has 0 radical (unpaired) electrons. The highest BCUT2D eigenvalue weighted by atomic mass is 28.3. The summed E-state index contributed by atoms with van der Waals surface area (Å²) in [6.07, 6.45) is 0. The number of rotatable bonds is 6. The summed E-state index contributed by atoms with van der Waals surface area (Å²) < 4.78 is 4.98. The van der Waals surface area contributed by atoms with Crippen molar-refractivity contribution in [1.82, 2.24) is 9.13 Å². The highest BCUT2D eigenvalue weighted by molar-refractivity contribution is 7.22. The molecule has 2 aromatic heterocycles. The lowest BCUT2D eigenvalue weighted by Crippen LogP contribution is -2.72. The Kier molecular flexibility index (Phi) is 7.96. The van der Waals surface area contributed by atoms with Gasteiger partial charge in [0.25, 0.3) is 0 Å². The fourth-order valence-corrected chi connectivity index (χ4v) is 16.1. The van der Waals surface area contributed by atoms with Crippen LogP contribution in [0.1, 0.15) is 0 Å². The minimum absolute atomic E-state index is 1.14. The molecule has 0 saturated heterocycles. The molecule has 0 bridgehead atoms. The molecule has 0 atom stereocenters. The molecule has 0 aliphatic carbocycles. The zero-order chi connectivity index (χ0) is 41.5. The molecular weight excluding hydrogens is 777 g/mol. The summed E-state index contributed by atoms with van der Waals surface area (Å²) in [5, 5.41) is 10.7. The van der Waals surface area contributed by atoms with Gasteiger partial charge in [-0.1, -0.05) is 206 Å². The lowest BCUT2D eigenvalue weighted by atomic mass is 10.0. The van der Waals surface area contributed by atoms with Crippen molar-refractivity contribution >= 4 is 72.4 Å². The third-order valence-electron chi connectivity index (χ3n) is 13.6. The van der Waals surface area contributed by atoms with E-state index < -0.39 is 8.07 Å². The lowest BCUT2D eigenvalue weighted by Gasteiger charge is -2.31. The quantitative estimate of drug-likeness (QED) is 0.148. The zero-order valence-electron chi connectivity index (χ0n) is 34.5. The standard InChI is InChI=1S/C60H40N2Si/c1-3-16-41(17-4-1)42-30-34-45(35-31-42)61-55-26-11-7-22-49(55)53-38-39-54-50-23-8-12-27-56(50)62(60(54)59(53)61)46-19-15-18-44(40-46)43-32-36-48(37-33-43)63(47-20-5-2-6-21-47)57-28-13-9-24-51(57)52-25-10-14-29-58(52)63/h1-40H. The van der Waals surface area contributed by atoms with Crippen molar-refractivity contribution in [2.24, 2.45) is 0 Å². The molecule has 1 aliphatic heterocycles. The number of benzene rings is 10. The molecule has 3 heteroatoms. The topological polar surface area (TPSA) is 9.86 Å². The monoisotopic (exact) mass is 816 g/mol. The number of nitrogens with zero attached hydrogens (tertiary/aromatic N) is 2. The van der Waals surface area contributed by atoms with Crippen LogP contribution in [0.2, 0.25) is 0 Å². The van der Waals surface area contributed by atoms with E-state index in [1.807, 2.05) is 0 Å². The summed E-state index contributed by atoms with van der Waals surface area (Å²) >= 11 is 0. The largest absolute Gasteiger partial charge is 0.307 e. The highest BCUT2D eigenvalue weighted by Gasteiger charge is 2.48. The number of aromatic nitrogens is 2. The first-order valence-electron chi connectivity index (χ1n) is 21.8. The van der Waals surface area contributed by atoms with Gasteiger partial charge in [0.1, 0.15) is 0 Å². The number of fused-ring (bicyclic) bond motifs is 10. The van der Waals surface area contributed by atoms with E-state index in [2.05, 4.69) is 252 Å². The maximum Gasteiger partial charge on any atom is 0.180 e. The van der Waals surface area contributed by atoms with Crippen LogP contribution in [-0.4, -0.2) is 17.2 Å². The summed E-state index contributed by atoms with van der Waals surface area (Å²) in [5.74, 6) is 0. The van der Waals surface area contributed by atoms with Crippen molar-refractivity contribution < 1.29 is 0 Å². The van der Waals surface area contributed by atoms with Gasteiger partial charge in [-0.3, -0.25) is 0 Å². The Labute approximate surface area is 367 Å². The lowest BCUT2D eigenvalue weighted by molar-refractivity contribution is 1.15. The smallest absolute Gasteiger partial charge is 0.180 e. The Morgan fingerprint density at radius 1 is 0.270 bits per heavy atom. The van der Waals surface area contributed by atoms with Gasteiger partial charge in [0.05, 0.1) is 22.1 Å². The second-order valence-corrected chi connectivity index (χ2v) is 20.5. The second-order valence-electron chi connectivity index (χ2n) is 16.8. The van der Waals surface area contributed by atoms with E-state index in [1.54, 1.807) is 0 Å². The molecule has 0 spiro atoms. The molecule has 0 amide bonds. The third kappa shape index (κ3) is 5.24. The van der Waals surface area contributed by atoms with Crippen molar-refractivity contribution in [2.75, 3.05) is 0 Å². The Balaban J connectivity index is 0.997. The average Bonchev–Trinajstić information content (AvgIpc) is 3.99. The van der Waals surface area contributed by atoms with Crippen LogP contribution in [0.25, 0.3) is 88.4 Å². The van der Waals surface area contributed by atoms with Gasteiger partial charge >= 0.3 is 0 Å². The fourth-order valence-electron chi connectivity index (χ4n) is 10.9. The Morgan fingerprint density at radius 3 is 1.33 bits per heavy atom. The first-order chi connectivity index (χ1) is 31.3. The van der Waals surface area contributed by atoms with E-state index >= 15 is 0 Å². The summed E-state index contributed by atoms with van der Waals surface area (Å²) in [4.78, 5) is 0. The van der Waals surface area contributed by atoms with Crippen molar-refractivity contribution in [3.63, 3.8) is 0 Å². The average molecular weight is 817 g/mol. The molecule has 10 aromatic carbocycles. The minimum Gasteiger partial charge on any atom is -0.307 e. The van der Waals surface area contributed by atoms with Gasteiger partial charge in [-0.15, -0.1) is 0 Å². The van der Waals surface area contributed by atoms with Crippen molar-refractivity contribution in [1.29, 1.82) is 0 Å². The molecule has 0 fully saturated rings.